The number of aryl methyl sites for hydroxylation is 1. The second-order valence-corrected chi connectivity index (χ2v) is 8.81. The number of carbonyl (C=O) groups is 1. The number of aromatic nitrogens is 3. The highest BCUT2D eigenvalue weighted by Gasteiger charge is 2.22. The minimum atomic E-state index is -0.376. The molecule has 0 spiro atoms. The average Bonchev–Trinajstić information content (AvgIpc) is 3.50. The van der Waals surface area contributed by atoms with Gasteiger partial charge in [0, 0.05) is 11.3 Å². The maximum Gasteiger partial charge on any atom is 0.237 e. The zero-order valence-corrected chi connectivity index (χ0v) is 19.6. The summed E-state index contributed by atoms with van der Waals surface area (Å²) in [6.45, 7) is 4.42. The second-order valence-electron chi connectivity index (χ2n) is 7.50. The Morgan fingerprint density at radius 2 is 1.88 bits per heavy atom. The van der Waals surface area contributed by atoms with E-state index in [0.717, 1.165) is 29.2 Å². The molecule has 1 atom stereocenters. The number of benzene rings is 2. The van der Waals surface area contributed by atoms with E-state index >= 15 is 0 Å². The van der Waals surface area contributed by atoms with Gasteiger partial charge in [0.25, 0.3) is 0 Å². The fraction of sp³-hybridized carbons (Fsp3) is 0.240. The summed E-state index contributed by atoms with van der Waals surface area (Å²) in [6, 6.07) is 19.3. The quantitative estimate of drug-likeness (QED) is 0.341. The van der Waals surface area contributed by atoms with Gasteiger partial charge in [-0.05, 0) is 67.4 Å². The molecule has 0 radical (unpaired) electrons. The number of rotatable bonds is 9. The molecule has 0 saturated heterocycles. The van der Waals surface area contributed by atoms with E-state index < -0.39 is 0 Å². The lowest BCUT2D eigenvalue weighted by molar-refractivity contribution is -0.115. The van der Waals surface area contributed by atoms with E-state index in [9.17, 15) is 4.79 Å². The molecule has 0 aliphatic carbocycles. The summed E-state index contributed by atoms with van der Waals surface area (Å²) >= 11 is 1.36. The summed E-state index contributed by atoms with van der Waals surface area (Å²) in [6.07, 6.45) is 2.60. The molecule has 0 unspecified atom stereocenters. The number of hydrogen-bond acceptors (Lipinski definition) is 6. The summed E-state index contributed by atoms with van der Waals surface area (Å²) in [5.74, 6) is 2.14. The number of carbonyl (C=O) groups excluding carboxylic acids is 1. The van der Waals surface area contributed by atoms with Crippen LogP contribution < -0.4 is 10.1 Å². The van der Waals surface area contributed by atoms with Crippen LogP contribution in [0.3, 0.4) is 0 Å². The molecule has 33 heavy (non-hydrogen) atoms. The monoisotopic (exact) mass is 462 g/mol. The highest BCUT2D eigenvalue weighted by Crippen LogP contribution is 2.29. The summed E-state index contributed by atoms with van der Waals surface area (Å²) in [5.41, 5.74) is 2.91. The number of methoxy groups -OCH3 is 1. The van der Waals surface area contributed by atoms with Crippen molar-refractivity contribution >= 4 is 23.4 Å². The summed E-state index contributed by atoms with van der Waals surface area (Å²) in [4.78, 5) is 12.8. The molecule has 0 bridgehead atoms. The van der Waals surface area contributed by atoms with Crippen molar-refractivity contribution in [2.24, 2.45) is 0 Å². The Morgan fingerprint density at radius 3 is 2.52 bits per heavy atom. The van der Waals surface area contributed by atoms with Gasteiger partial charge in [0.2, 0.25) is 5.91 Å². The molecule has 2 aromatic carbocycles. The van der Waals surface area contributed by atoms with Crippen molar-refractivity contribution in [3.8, 4) is 17.1 Å². The van der Waals surface area contributed by atoms with Gasteiger partial charge in [-0.25, -0.2) is 0 Å². The van der Waals surface area contributed by atoms with Crippen LogP contribution in [-0.2, 0) is 17.8 Å². The van der Waals surface area contributed by atoms with Gasteiger partial charge in [-0.3, -0.25) is 9.36 Å². The molecule has 0 aliphatic rings. The predicted octanol–water partition coefficient (Wildman–Crippen LogP) is 5.28. The maximum atomic E-state index is 12.8. The van der Waals surface area contributed by atoms with Gasteiger partial charge in [0.05, 0.1) is 25.2 Å². The summed E-state index contributed by atoms with van der Waals surface area (Å²) < 4.78 is 12.8. The molecule has 4 aromatic rings. The average molecular weight is 463 g/mol. The van der Waals surface area contributed by atoms with Crippen LogP contribution in [0.4, 0.5) is 5.69 Å². The van der Waals surface area contributed by atoms with Crippen molar-refractivity contribution < 1.29 is 13.9 Å². The smallest absolute Gasteiger partial charge is 0.237 e. The van der Waals surface area contributed by atoms with Crippen LogP contribution in [0.5, 0.6) is 5.75 Å². The van der Waals surface area contributed by atoms with Crippen molar-refractivity contribution in [1.82, 2.24) is 14.8 Å². The molecule has 0 fully saturated rings. The minimum Gasteiger partial charge on any atom is -0.497 e. The largest absolute Gasteiger partial charge is 0.497 e. The van der Waals surface area contributed by atoms with Crippen molar-refractivity contribution in [2.75, 3.05) is 12.4 Å². The first kappa shape index (κ1) is 22.7. The van der Waals surface area contributed by atoms with Gasteiger partial charge in [0.15, 0.2) is 11.0 Å². The summed E-state index contributed by atoms with van der Waals surface area (Å²) in [7, 11) is 1.63. The van der Waals surface area contributed by atoms with E-state index in [0.29, 0.717) is 17.5 Å². The highest BCUT2D eigenvalue weighted by molar-refractivity contribution is 8.00. The number of hydrogen-bond donors (Lipinski definition) is 1. The molecule has 8 heteroatoms. The van der Waals surface area contributed by atoms with Crippen LogP contribution >= 0.6 is 11.8 Å². The Kier molecular flexibility index (Phi) is 7.14. The standard InChI is InChI=1S/C25H26N4O3S/c1-4-18-7-11-20(12-8-18)26-24(30)17(2)33-25-28-27-23(19-9-13-21(31-3)14-10-19)29(25)16-22-6-5-15-32-22/h5-15,17H,4,16H2,1-3H3,(H,26,30)/t17-/m1/s1. The highest BCUT2D eigenvalue weighted by atomic mass is 32.2. The third-order valence-electron chi connectivity index (χ3n) is 5.24. The zero-order chi connectivity index (χ0) is 23.2. The number of ether oxygens (including phenoxy) is 1. The fourth-order valence-electron chi connectivity index (χ4n) is 3.31. The third-order valence-corrected chi connectivity index (χ3v) is 6.32. The van der Waals surface area contributed by atoms with E-state index in [1.807, 2.05) is 72.2 Å². The van der Waals surface area contributed by atoms with E-state index in [1.165, 1.54) is 17.3 Å². The van der Waals surface area contributed by atoms with Crippen molar-refractivity contribution in [2.45, 2.75) is 37.2 Å². The Labute approximate surface area is 197 Å². The van der Waals surface area contributed by atoms with Crippen LogP contribution in [0.2, 0.25) is 0 Å². The number of anilines is 1. The number of amides is 1. The molecule has 7 nitrogen and oxygen atoms in total. The van der Waals surface area contributed by atoms with Gasteiger partial charge >= 0.3 is 0 Å². The fourth-order valence-corrected chi connectivity index (χ4v) is 4.16. The summed E-state index contributed by atoms with van der Waals surface area (Å²) in [5, 5.41) is 12.1. The molecule has 2 heterocycles. The zero-order valence-electron chi connectivity index (χ0n) is 18.8. The van der Waals surface area contributed by atoms with Crippen molar-refractivity contribution in [1.29, 1.82) is 0 Å². The van der Waals surface area contributed by atoms with Crippen LogP contribution in [0.25, 0.3) is 11.4 Å². The maximum absolute atomic E-state index is 12.8. The van der Waals surface area contributed by atoms with Gasteiger partial charge in [-0.2, -0.15) is 0 Å². The first-order valence-electron chi connectivity index (χ1n) is 10.7. The minimum absolute atomic E-state index is 0.0946. The topological polar surface area (TPSA) is 82.2 Å². The van der Waals surface area contributed by atoms with Gasteiger partial charge in [-0.1, -0.05) is 30.8 Å². The Morgan fingerprint density at radius 1 is 1.12 bits per heavy atom. The molecular weight excluding hydrogens is 436 g/mol. The van der Waals surface area contributed by atoms with E-state index in [1.54, 1.807) is 13.4 Å². The molecule has 170 valence electrons. The lowest BCUT2D eigenvalue weighted by Gasteiger charge is -2.13. The second kappa shape index (κ2) is 10.4. The van der Waals surface area contributed by atoms with Crippen LogP contribution in [0, 0.1) is 0 Å². The van der Waals surface area contributed by atoms with Crippen molar-refractivity contribution in [3.63, 3.8) is 0 Å². The van der Waals surface area contributed by atoms with Gasteiger partial charge < -0.3 is 14.5 Å². The molecular formula is C25H26N4O3S. The molecule has 1 N–H and O–H groups in total. The van der Waals surface area contributed by atoms with E-state index in [2.05, 4.69) is 22.4 Å². The number of furan rings is 1. The number of nitrogens with one attached hydrogen (secondary N) is 1. The molecule has 1 amide bonds. The van der Waals surface area contributed by atoms with Crippen molar-refractivity contribution in [3.05, 3.63) is 78.3 Å². The third kappa shape index (κ3) is 5.46. The predicted molar refractivity (Wildman–Crippen MR) is 130 cm³/mol. The Balaban J connectivity index is 1.55. The van der Waals surface area contributed by atoms with E-state index in [4.69, 9.17) is 9.15 Å². The van der Waals surface area contributed by atoms with E-state index in [-0.39, 0.29) is 11.2 Å². The SMILES string of the molecule is CCc1ccc(NC(=O)[C@@H](C)Sc2nnc(-c3ccc(OC)cc3)n2Cc2ccco2)cc1. The Hall–Kier alpha value is -3.52. The van der Waals surface area contributed by atoms with Gasteiger partial charge in [0.1, 0.15) is 11.5 Å². The van der Waals surface area contributed by atoms with Crippen LogP contribution in [0.15, 0.2) is 76.5 Å². The molecule has 2 aromatic heterocycles. The van der Waals surface area contributed by atoms with Crippen LogP contribution in [0.1, 0.15) is 25.2 Å². The normalized spacial score (nSPS) is 11.8. The number of thioether (sulfide) groups is 1. The first-order chi connectivity index (χ1) is 16.1. The molecule has 0 aliphatic heterocycles. The Bertz CT molecular complexity index is 1190. The lowest BCUT2D eigenvalue weighted by Crippen LogP contribution is -2.23. The van der Waals surface area contributed by atoms with Gasteiger partial charge in [-0.15, -0.1) is 10.2 Å². The molecule has 4 rings (SSSR count). The number of nitrogens with zero attached hydrogens (tertiary/aromatic N) is 3. The molecule has 0 saturated carbocycles. The van der Waals surface area contributed by atoms with Crippen LogP contribution in [-0.4, -0.2) is 33.0 Å². The first-order valence-corrected chi connectivity index (χ1v) is 11.6. The lowest BCUT2D eigenvalue weighted by atomic mass is 10.1.